The van der Waals surface area contributed by atoms with Crippen LogP contribution >= 0.6 is 0 Å². The Labute approximate surface area is 181 Å². The van der Waals surface area contributed by atoms with Crippen LogP contribution in [0.3, 0.4) is 0 Å². The molecule has 0 fully saturated rings. The predicted octanol–water partition coefficient (Wildman–Crippen LogP) is 4.26. The average molecular weight is 422 g/mol. The zero-order valence-corrected chi connectivity index (χ0v) is 17.9. The number of para-hydroxylation sites is 1. The van der Waals surface area contributed by atoms with Gasteiger partial charge < -0.3 is 19.4 Å². The molecule has 31 heavy (non-hydrogen) atoms. The largest absolute Gasteiger partial charge is 0.497 e. The van der Waals surface area contributed by atoms with E-state index < -0.39 is 0 Å². The monoisotopic (exact) mass is 421 g/mol. The molecule has 1 aromatic heterocycles. The lowest BCUT2D eigenvalue weighted by Crippen LogP contribution is -2.36. The first-order chi connectivity index (χ1) is 15.2. The minimum absolute atomic E-state index is 0.259. The van der Waals surface area contributed by atoms with Crippen LogP contribution in [0.2, 0.25) is 0 Å². The van der Waals surface area contributed by atoms with Gasteiger partial charge in [-0.1, -0.05) is 24.6 Å². The molecule has 1 aliphatic rings. The number of amides is 2. The molecule has 0 saturated carbocycles. The molecule has 8 nitrogen and oxygen atoms in total. The van der Waals surface area contributed by atoms with E-state index in [1.54, 1.807) is 37.3 Å². The maximum atomic E-state index is 13.4. The van der Waals surface area contributed by atoms with Crippen LogP contribution in [-0.2, 0) is 19.5 Å². The maximum absolute atomic E-state index is 13.4. The quantitative estimate of drug-likeness (QED) is 0.643. The van der Waals surface area contributed by atoms with Crippen molar-refractivity contribution in [2.75, 3.05) is 24.4 Å². The Hall–Kier alpha value is -3.55. The Morgan fingerprint density at radius 1 is 1.06 bits per heavy atom. The summed E-state index contributed by atoms with van der Waals surface area (Å²) < 4.78 is 13.1. The lowest BCUT2D eigenvalue weighted by molar-refractivity contribution is 0.256. The Balaban J connectivity index is 1.71. The lowest BCUT2D eigenvalue weighted by atomic mass is 10.2. The first kappa shape index (κ1) is 20.7. The number of aromatic nitrogens is 3. The van der Waals surface area contributed by atoms with Gasteiger partial charge >= 0.3 is 6.03 Å². The van der Waals surface area contributed by atoms with Crippen LogP contribution in [0.25, 0.3) is 0 Å². The Bertz CT molecular complexity index is 1030. The summed E-state index contributed by atoms with van der Waals surface area (Å²) in [6.45, 7) is 1.12. The number of nitrogens with zero attached hydrogens (tertiary/aromatic N) is 4. The molecular formula is C23H27N5O3. The molecule has 1 N–H and O–H groups in total. The van der Waals surface area contributed by atoms with Crippen molar-refractivity contribution in [1.29, 1.82) is 0 Å². The highest BCUT2D eigenvalue weighted by Crippen LogP contribution is 2.34. The third kappa shape index (κ3) is 4.63. The fourth-order valence-corrected chi connectivity index (χ4v) is 3.79. The maximum Gasteiger partial charge on any atom is 0.326 e. The highest BCUT2D eigenvalue weighted by atomic mass is 16.5. The van der Waals surface area contributed by atoms with Crippen molar-refractivity contribution in [3.05, 3.63) is 60.2 Å². The van der Waals surface area contributed by atoms with Crippen LogP contribution in [0.4, 0.5) is 16.2 Å². The molecule has 3 aromatic rings. The van der Waals surface area contributed by atoms with Crippen molar-refractivity contribution in [2.45, 2.75) is 38.8 Å². The zero-order valence-electron chi connectivity index (χ0n) is 17.9. The van der Waals surface area contributed by atoms with E-state index in [2.05, 4.69) is 20.1 Å². The van der Waals surface area contributed by atoms with E-state index in [1.807, 2.05) is 30.3 Å². The van der Waals surface area contributed by atoms with Crippen LogP contribution in [-0.4, -0.2) is 35.0 Å². The summed E-state index contributed by atoms with van der Waals surface area (Å²) in [4.78, 5) is 15.0. The lowest BCUT2D eigenvalue weighted by Gasteiger charge is -2.25. The van der Waals surface area contributed by atoms with Gasteiger partial charge in [0.25, 0.3) is 0 Å². The second-order valence-electron chi connectivity index (χ2n) is 7.41. The summed E-state index contributed by atoms with van der Waals surface area (Å²) in [6, 6.07) is 14.5. The second kappa shape index (κ2) is 9.51. The van der Waals surface area contributed by atoms with E-state index in [0.717, 1.165) is 37.5 Å². The van der Waals surface area contributed by atoms with Crippen LogP contribution < -0.4 is 19.7 Å². The van der Waals surface area contributed by atoms with Gasteiger partial charge in [0.2, 0.25) is 0 Å². The standard InChI is InChI=1S/C23H27N5O3/c1-30-18-12-13-20(31-2)19(15-18)28(23(29)24-17-9-5-3-6-10-17)16-22-26-25-21-11-7-4-8-14-27(21)22/h3,5-6,9-10,12-13,15H,4,7-8,11,14,16H2,1-2H3,(H,24,29). The van der Waals surface area contributed by atoms with Crippen molar-refractivity contribution < 1.29 is 14.3 Å². The van der Waals surface area contributed by atoms with Crippen LogP contribution in [0.5, 0.6) is 11.5 Å². The summed E-state index contributed by atoms with van der Waals surface area (Å²) in [7, 11) is 3.18. The number of carbonyl (C=O) groups is 1. The van der Waals surface area contributed by atoms with Crippen LogP contribution in [0, 0.1) is 0 Å². The van der Waals surface area contributed by atoms with Crippen molar-refractivity contribution >= 4 is 17.4 Å². The number of ether oxygens (including phenoxy) is 2. The first-order valence-corrected chi connectivity index (χ1v) is 10.5. The number of methoxy groups -OCH3 is 2. The number of hydrogen-bond donors (Lipinski definition) is 1. The van der Waals surface area contributed by atoms with Crippen molar-refractivity contribution in [3.8, 4) is 11.5 Å². The highest BCUT2D eigenvalue weighted by Gasteiger charge is 2.25. The molecule has 0 radical (unpaired) electrons. The van der Waals surface area contributed by atoms with Crippen molar-refractivity contribution in [3.63, 3.8) is 0 Å². The zero-order chi connectivity index (χ0) is 21.6. The molecule has 0 unspecified atom stereocenters. The molecule has 4 rings (SSSR count). The number of rotatable bonds is 6. The van der Waals surface area contributed by atoms with Crippen molar-refractivity contribution in [1.82, 2.24) is 14.8 Å². The van der Waals surface area contributed by atoms with Crippen LogP contribution in [0.1, 0.15) is 30.9 Å². The molecule has 2 heterocycles. The Morgan fingerprint density at radius 3 is 2.68 bits per heavy atom. The predicted molar refractivity (Wildman–Crippen MR) is 119 cm³/mol. The van der Waals surface area contributed by atoms with Gasteiger partial charge in [-0.15, -0.1) is 10.2 Å². The minimum Gasteiger partial charge on any atom is -0.497 e. The van der Waals surface area contributed by atoms with E-state index in [9.17, 15) is 4.79 Å². The molecule has 0 saturated heterocycles. The van der Waals surface area contributed by atoms with E-state index in [0.29, 0.717) is 22.9 Å². The van der Waals surface area contributed by atoms with Crippen molar-refractivity contribution in [2.24, 2.45) is 0 Å². The molecule has 0 bridgehead atoms. The normalized spacial score (nSPS) is 13.1. The van der Waals surface area contributed by atoms with Gasteiger partial charge in [0, 0.05) is 24.7 Å². The molecule has 162 valence electrons. The molecule has 2 amide bonds. The number of nitrogens with one attached hydrogen (secondary N) is 1. The Morgan fingerprint density at radius 2 is 1.90 bits per heavy atom. The Kier molecular flexibility index (Phi) is 6.35. The summed E-state index contributed by atoms with van der Waals surface area (Å²) in [5.74, 6) is 2.94. The topological polar surface area (TPSA) is 81.5 Å². The first-order valence-electron chi connectivity index (χ1n) is 10.5. The number of carbonyl (C=O) groups excluding carboxylic acids is 1. The third-order valence-corrected chi connectivity index (χ3v) is 5.43. The summed E-state index contributed by atoms with van der Waals surface area (Å²) in [5.41, 5.74) is 1.31. The van der Waals surface area contributed by atoms with Crippen LogP contribution in [0.15, 0.2) is 48.5 Å². The van der Waals surface area contributed by atoms with E-state index in [-0.39, 0.29) is 12.6 Å². The average Bonchev–Trinajstić information content (AvgIpc) is 3.02. The number of anilines is 2. The van der Waals surface area contributed by atoms with E-state index in [4.69, 9.17) is 9.47 Å². The molecule has 8 heteroatoms. The number of aryl methyl sites for hydroxylation is 1. The van der Waals surface area contributed by atoms with Gasteiger partial charge in [0.15, 0.2) is 5.82 Å². The molecule has 0 spiro atoms. The van der Waals surface area contributed by atoms with Gasteiger partial charge in [-0.3, -0.25) is 4.90 Å². The molecule has 0 atom stereocenters. The fraction of sp³-hybridized carbons (Fsp3) is 0.348. The molecular weight excluding hydrogens is 394 g/mol. The molecule has 2 aromatic carbocycles. The van der Waals surface area contributed by atoms with Gasteiger partial charge in [-0.25, -0.2) is 4.79 Å². The summed E-state index contributed by atoms with van der Waals surface area (Å²) in [6.07, 6.45) is 4.27. The second-order valence-corrected chi connectivity index (χ2v) is 7.41. The summed E-state index contributed by atoms with van der Waals surface area (Å²) >= 11 is 0. The van der Waals surface area contributed by atoms with E-state index in [1.165, 1.54) is 6.42 Å². The SMILES string of the molecule is COc1ccc(OC)c(N(Cc2nnc3n2CCCCC3)C(=O)Nc2ccccc2)c1. The van der Waals surface area contributed by atoms with Gasteiger partial charge in [0.05, 0.1) is 26.5 Å². The van der Waals surface area contributed by atoms with Gasteiger partial charge in [-0.05, 0) is 37.1 Å². The number of hydrogen-bond acceptors (Lipinski definition) is 5. The number of urea groups is 1. The highest BCUT2D eigenvalue weighted by molar-refractivity contribution is 6.02. The third-order valence-electron chi connectivity index (χ3n) is 5.43. The van der Waals surface area contributed by atoms with Gasteiger partial charge in [0.1, 0.15) is 17.3 Å². The van der Waals surface area contributed by atoms with Gasteiger partial charge in [-0.2, -0.15) is 0 Å². The summed E-state index contributed by atoms with van der Waals surface area (Å²) in [5, 5.41) is 11.8. The molecule has 0 aliphatic carbocycles. The number of fused-ring (bicyclic) bond motifs is 1. The van der Waals surface area contributed by atoms with E-state index >= 15 is 0 Å². The molecule has 1 aliphatic heterocycles. The minimum atomic E-state index is -0.288. The smallest absolute Gasteiger partial charge is 0.326 e. The number of benzene rings is 2. The fourth-order valence-electron chi connectivity index (χ4n) is 3.79.